The number of anilines is 1. The Hall–Kier alpha value is -3.47. The number of hydrogen-bond donors (Lipinski definition) is 4. The van der Waals surface area contributed by atoms with Crippen LogP contribution in [-0.2, 0) is 14.3 Å². The number of hydrogen-bond acceptors (Lipinski definition) is 8. The molecule has 6 N–H and O–H groups in total. The van der Waals surface area contributed by atoms with Gasteiger partial charge in [0.2, 0.25) is 11.8 Å². The molecule has 2 aromatic rings. The first-order chi connectivity index (χ1) is 15.4. The van der Waals surface area contributed by atoms with Crippen LogP contribution in [-0.4, -0.2) is 62.7 Å². The monoisotopic (exact) mass is 440 g/mol. The summed E-state index contributed by atoms with van der Waals surface area (Å²) in [6.45, 7) is 2.87. The molecular formula is C21H28N8O3. The Bertz CT molecular complexity index is 1070. The molecule has 2 aliphatic heterocycles. The highest BCUT2D eigenvalue weighted by Gasteiger charge is 2.34. The van der Waals surface area contributed by atoms with Gasteiger partial charge in [-0.05, 0) is 31.8 Å². The molecule has 2 amide bonds. The Morgan fingerprint density at radius 1 is 1.25 bits per heavy atom. The van der Waals surface area contributed by atoms with Crippen LogP contribution in [0, 0.1) is 5.41 Å². The van der Waals surface area contributed by atoms with E-state index in [1.54, 1.807) is 18.0 Å². The summed E-state index contributed by atoms with van der Waals surface area (Å²) in [4.78, 5) is 34.5. The van der Waals surface area contributed by atoms with E-state index in [2.05, 4.69) is 15.3 Å². The number of fused-ring (bicyclic) bond motifs is 1. The number of nitrogen functional groups attached to an aromatic ring is 1. The van der Waals surface area contributed by atoms with E-state index in [1.807, 2.05) is 4.57 Å². The molecule has 2 aliphatic rings. The Morgan fingerprint density at radius 2 is 2.00 bits per heavy atom. The van der Waals surface area contributed by atoms with Crippen LogP contribution in [0.15, 0.2) is 18.6 Å². The second kappa shape index (κ2) is 8.95. The normalized spacial score (nSPS) is 22.3. The van der Waals surface area contributed by atoms with E-state index >= 15 is 0 Å². The fraction of sp³-hybridized carbons (Fsp3) is 0.476. The molecule has 0 saturated carbocycles. The highest BCUT2D eigenvalue weighted by Crippen LogP contribution is 2.35. The van der Waals surface area contributed by atoms with E-state index in [0.717, 1.165) is 19.1 Å². The Balaban J connectivity index is 1.47. The van der Waals surface area contributed by atoms with Crippen molar-refractivity contribution in [1.29, 1.82) is 5.41 Å². The van der Waals surface area contributed by atoms with Gasteiger partial charge < -0.3 is 36.4 Å². The lowest BCUT2D eigenvalue weighted by molar-refractivity contribution is -0.135. The molecule has 0 aromatic carbocycles. The molecule has 2 atom stereocenters. The van der Waals surface area contributed by atoms with Crippen LogP contribution in [0.4, 0.5) is 5.82 Å². The van der Waals surface area contributed by atoms with E-state index in [4.69, 9.17) is 21.6 Å². The summed E-state index contributed by atoms with van der Waals surface area (Å²) >= 11 is 0. The second-order valence-electron chi connectivity index (χ2n) is 8.14. The third-order valence-corrected chi connectivity index (χ3v) is 6.10. The average molecular weight is 441 g/mol. The van der Waals surface area contributed by atoms with Gasteiger partial charge in [-0.1, -0.05) is 0 Å². The van der Waals surface area contributed by atoms with Gasteiger partial charge in [-0.2, -0.15) is 0 Å². The molecule has 0 bridgehead atoms. The van der Waals surface area contributed by atoms with Gasteiger partial charge in [-0.25, -0.2) is 9.97 Å². The lowest BCUT2D eigenvalue weighted by atomic mass is 10.0. The van der Waals surface area contributed by atoms with Crippen molar-refractivity contribution in [1.82, 2.24) is 24.8 Å². The van der Waals surface area contributed by atoms with Gasteiger partial charge in [0.1, 0.15) is 30.1 Å². The van der Waals surface area contributed by atoms with Crippen LogP contribution in [0.3, 0.4) is 0 Å². The Kier molecular flexibility index (Phi) is 6.08. The zero-order valence-electron chi connectivity index (χ0n) is 18.0. The summed E-state index contributed by atoms with van der Waals surface area (Å²) in [5.74, 6) is 0.215. The van der Waals surface area contributed by atoms with Crippen LogP contribution in [0.5, 0.6) is 0 Å². The fourth-order valence-electron chi connectivity index (χ4n) is 4.38. The van der Waals surface area contributed by atoms with Gasteiger partial charge in [0.15, 0.2) is 0 Å². The van der Waals surface area contributed by atoms with Crippen molar-refractivity contribution >= 4 is 40.6 Å². The standard InChI is InChI=1S/C21H28N8O3/c1-12(30)28-8-5-13(6-9-28)27-21(31)16-2-3-17(32-16)29-10-14(15(23)4-7-22)18-19(24)25-11-26-20(18)29/h4,7,10-11,13,16-17,22H,2-3,5-6,8-9,23H2,1H3,(H,27,31)(H2,24,25,26)/b15-4-,22-7?. The number of carbonyl (C=O) groups excluding carboxylic acids is 2. The number of likely N-dealkylation sites (tertiary alicyclic amines) is 1. The highest BCUT2D eigenvalue weighted by molar-refractivity contribution is 5.99. The van der Waals surface area contributed by atoms with Crippen molar-refractivity contribution in [3.63, 3.8) is 0 Å². The van der Waals surface area contributed by atoms with Crippen LogP contribution >= 0.6 is 0 Å². The van der Waals surface area contributed by atoms with Crippen molar-refractivity contribution < 1.29 is 14.3 Å². The number of ether oxygens (including phenoxy) is 1. The van der Waals surface area contributed by atoms with E-state index < -0.39 is 12.3 Å². The number of allylic oxidation sites excluding steroid dienone is 1. The quantitative estimate of drug-likeness (QED) is 0.498. The molecular weight excluding hydrogens is 412 g/mol. The van der Waals surface area contributed by atoms with Crippen LogP contribution < -0.4 is 16.8 Å². The number of nitrogens with zero attached hydrogens (tertiary/aromatic N) is 4. The van der Waals surface area contributed by atoms with Crippen LogP contribution in [0.1, 0.15) is 44.4 Å². The number of rotatable bonds is 5. The minimum absolute atomic E-state index is 0.0401. The molecule has 170 valence electrons. The molecule has 2 aromatic heterocycles. The number of amides is 2. The minimum atomic E-state index is -0.569. The first-order valence-corrected chi connectivity index (χ1v) is 10.7. The van der Waals surface area contributed by atoms with Gasteiger partial charge in [0.05, 0.1) is 5.39 Å². The lowest BCUT2D eigenvalue weighted by Gasteiger charge is -2.32. The van der Waals surface area contributed by atoms with Gasteiger partial charge in [-0.3, -0.25) is 9.59 Å². The number of piperidine rings is 1. The largest absolute Gasteiger partial charge is 0.398 e. The maximum Gasteiger partial charge on any atom is 0.249 e. The summed E-state index contributed by atoms with van der Waals surface area (Å²) in [6.07, 6.45) is 7.44. The zero-order valence-corrected chi connectivity index (χ0v) is 18.0. The molecule has 11 nitrogen and oxygen atoms in total. The van der Waals surface area contributed by atoms with Crippen LogP contribution in [0.25, 0.3) is 16.7 Å². The lowest BCUT2D eigenvalue weighted by Crippen LogP contribution is -2.48. The molecule has 0 radical (unpaired) electrons. The van der Waals surface area contributed by atoms with Crippen molar-refractivity contribution in [2.24, 2.45) is 5.73 Å². The molecule has 4 rings (SSSR count). The molecule has 32 heavy (non-hydrogen) atoms. The van der Waals surface area contributed by atoms with Gasteiger partial charge in [-0.15, -0.1) is 0 Å². The summed E-state index contributed by atoms with van der Waals surface area (Å²) in [5.41, 5.74) is 13.8. The molecule has 2 saturated heterocycles. The van der Waals surface area contributed by atoms with Crippen LogP contribution in [0.2, 0.25) is 0 Å². The van der Waals surface area contributed by atoms with Crippen molar-refractivity contribution in [3.8, 4) is 0 Å². The molecule has 2 fully saturated rings. The van der Waals surface area contributed by atoms with E-state index in [1.165, 1.54) is 12.4 Å². The number of nitrogens with two attached hydrogens (primary N) is 2. The molecule has 2 unspecified atom stereocenters. The van der Waals surface area contributed by atoms with Crippen molar-refractivity contribution in [3.05, 3.63) is 24.2 Å². The molecule has 0 spiro atoms. The Labute approximate surface area is 185 Å². The maximum absolute atomic E-state index is 12.8. The molecule has 4 heterocycles. The third kappa shape index (κ3) is 4.15. The predicted octanol–water partition coefficient (Wildman–Crippen LogP) is 0.767. The highest BCUT2D eigenvalue weighted by atomic mass is 16.5. The van der Waals surface area contributed by atoms with Crippen molar-refractivity contribution in [2.75, 3.05) is 18.8 Å². The number of aromatic nitrogens is 3. The first kappa shape index (κ1) is 21.8. The smallest absolute Gasteiger partial charge is 0.249 e. The topological polar surface area (TPSA) is 165 Å². The third-order valence-electron chi connectivity index (χ3n) is 6.10. The van der Waals surface area contributed by atoms with E-state index in [0.29, 0.717) is 48.2 Å². The summed E-state index contributed by atoms with van der Waals surface area (Å²) in [7, 11) is 0. The maximum atomic E-state index is 12.8. The average Bonchev–Trinajstić information content (AvgIpc) is 3.40. The first-order valence-electron chi connectivity index (χ1n) is 10.7. The Morgan fingerprint density at radius 3 is 2.69 bits per heavy atom. The summed E-state index contributed by atoms with van der Waals surface area (Å²) in [5, 5.41) is 11.0. The van der Waals surface area contributed by atoms with Crippen molar-refractivity contribution in [2.45, 2.75) is 51.0 Å². The van der Waals surface area contributed by atoms with E-state index in [-0.39, 0.29) is 23.7 Å². The minimum Gasteiger partial charge on any atom is -0.398 e. The van der Waals surface area contributed by atoms with Gasteiger partial charge in [0, 0.05) is 49.7 Å². The number of carbonyl (C=O) groups is 2. The van der Waals surface area contributed by atoms with Gasteiger partial charge >= 0.3 is 0 Å². The second-order valence-corrected chi connectivity index (χ2v) is 8.14. The summed E-state index contributed by atoms with van der Waals surface area (Å²) < 4.78 is 7.92. The van der Waals surface area contributed by atoms with E-state index in [9.17, 15) is 9.59 Å². The summed E-state index contributed by atoms with van der Waals surface area (Å²) in [6, 6.07) is 0.0401. The molecule has 0 aliphatic carbocycles. The van der Waals surface area contributed by atoms with Gasteiger partial charge in [0.25, 0.3) is 0 Å². The number of nitrogens with one attached hydrogen (secondary N) is 2. The fourth-order valence-corrected chi connectivity index (χ4v) is 4.38. The predicted molar refractivity (Wildman–Crippen MR) is 119 cm³/mol. The zero-order chi connectivity index (χ0) is 22.8. The molecule has 11 heteroatoms. The SMILES string of the molecule is CC(=O)N1CCC(NC(=O)C2CCC(n3cc(/C(N)=C/C=N)c4c(N)ncnc43)O2)CC1.